The molecule has 0 aromatic heterocycles. The lowest BCUT2D eigenvalue weighted by atomic mass is 9.44. The first-order valence-electron chi connectivity index (χ1n) is 12.0. The second-order valence-electron chi connectivity index (χ2n) is 11.1. The molecular formula is C24H42N2O2. The fourth-order valence-corrected chi connectivity index (χ4v) is 8.55. The Hall–Kier alpha value is -0.610. The van der Waals surface area contributed by atoms with Gasteiger partial charge in [0.25, 0.3) is 0 Å². The van der Waals surface area contributed by atoms with Gasteiger partial charge in [0.2, 0.25) is 5.91 Å². The van der Waals surface area contributed by atoms with Crippen molar-refractivity contribution < 1.29 is 9.90 Å². The minimum absolute atomic E-state index is 0.0778. The van der Waals surface area contributed by atoms with Crippen LogP contribution in [0.2, 0.25) is 0 Å². The van der Waals surface area contributed by atoms with E-state index in [4.69, 9.17) is 0 Å². The van der Waals surface area contributed by atoms with Gasteiger partial charge in [-0.25, -0.2) is 5.43 Å². The lowest BCUT2D eigenvalue weighted by Gasteiger charge is -2.62. The van der Waals surface area contributed by atoms with E-state index in [9.17, 15) is 9.90 Å². The molecule has 160 valence electrons. The molecule has 8 atom stereocenters. The van der Waals surface area contributed by atoms with E-state index in [0.717, 1.165) is 37.0 Å². The van der Waals surface area contributed by atoms with Crippen molar-refractivity contribution in [2.45, 2.75) is 97.0 Å². The number of aliphatic hydroxyl groups excluding tert-OH is 1. The van der Waals surface area contributed by atoms with Gasteiger partial charge in [0.05, 0.1) is 6.10 Å². The molecule has 0 aromatic carbocycles. The number of hydrogen-bond donors (Lipinski definition) is 3. The minimum Gasteiger partial charge on any atom is -0.393 e. The summed E-state index contributed by atoms with van der Waals surface area (Å²) in [5.41, 5.74) is 6.28. The summed E-state index contributed by atoms with van der Waals surface area (Å²) in [5, 5.41) is 11.3. The van der Waals surface area contributed by atoms with Crippen LogP contribution in [0, 0.1) is 40.4 Å². The molecule has 0 spiro atoms. The second kappa shape index (κ2) is 7.91. The summed E-state index contributed by atoms with van der Waals surface area (Å²) in [7, 11) is 1.74. The maximum absolute atomic E-state index is 11.8. The highest BCUT2D eigenvalue weighted by molar-refractivity contribution is 5.75. The van der Waals surface area contributed by atoms with Gasteiger partial charge in [0, 0.05) is 13.5 Å². The van der Waals surface area contributed by atoms with Gasteiger partial charge in [-0.1, -0.05) is 26.7 Å². The lowest BCUT2D eigenvalue weighted by molar-refractivity contribution is -0.162. The largest absolute Gasteiger partial charge is 0.393 e. The zero-order valence-electron chi connectivity index (χ0n) is 18.3. The maximum atomic E-state index is 11.8. The average Bonchev–Trinajstić information content (AvgIpc) is 2.99. The molecule has 0 bridgehead atoms. The summed E-state index contributed by atoms with van der Waals surface area (Å²) in [4.78, 5) is 11.8. The van der Waals surface area contributed by atoms with Crippen LogP contribution >= 0.6 is 0 Å². The Kier molecular flexibility index (Phi) is 5.83. The van der Waals surface area contributed by atoms with Crippen molar-refractivity contribution >= 4 is 5.91 Å². The number of carbonyl (C=O) groups excluding carboxylic acids is 1. The SMILES string of the molecule is CNNC(=O)CCC[C@H]1CCC2C3C(O)CC4CCCCC4(C)C3CCC21C. The van der Waals surface area contributed by atoms with Crippen LogP contribution in [0.15, 0.2) is 0 Å². The van der Waals surface area contributed by atoms with E-state index >= 15 is 0 Å². The molecular weight excluding hydrogens is 348 g/mol. The Labute approximate surface area is 171 Å². The van der Waals surface area contributed by atoms with E-state index in [1.807, 2.05) is 0 Å². The molecule has 3 N–H and O–H groups in total. The molecule has 7 unspecified atom stereocenters. The molecule has 28 heavy (non-hydrogen) atoms. The Balaban J connectivity index is 1.45. The minimum atomic E-state index is -0.0778. The Morgan fingerprint density at radius 3 is 2.61 bits per heavy atom. The Bertz CT molecular complexity index is 581. The third kappa shape index (κ3) is 3.33. The van der Waals surface area contributed by atoms with Gasteiger partial charge in [0.1, 0.15) is 0 Å². The average molecular weight is 391 g/mol. The summed E-state index contributed by atoms with van der Waals surface area (Å²) in [6.07, 6.45) is 14.5. The molecule has 4 saturated carbocycles. The molecule has 0 aliphatic heterocycles. The van der Waals surface area contributed by atoms with E-state index in [1.165, 1.54) is 51.4 Å². The van der Waals surface area contributed by atoms with Gasteiger partial charge >= 0.3 is 0 Å². The van der Waals surface area contributed by atoms with Crippen molar-refractivity contribution in [1.82, 2.24) is 10.9 Å². The van der Waals surface area contributed by atoms with E-state index in [-0.39, 0.29) is 12.0 Å². The first kappa shape index (κ1) is 20.7. The number of rotatable bonds is 5. The molecule has 0 aromatic rings. The molecule has 4 fully saturated rings. The van der Waals surface area contributed by atoms with E-state index in [1.54, 1.807) is 7.05 Å². The zero-order chi connectivity index (χ0) is 19.9. The van der Waals surface area contributed by atoms with Crippen molar-refractivity contribution in [2.24, 2.45) is 40.4 Å². The monoisotopic (exact) mass is 390 g/mol. The van der Waals surface area contributed by atoms with Crippen LogP contribution in [0.4, 0.5) is 0 Å². The standard InChI is InChI=1S/C24H42N2O2/c1-23-13-5-4-7-17(23)15-20(27)22-18-11-10-16(8-6-9-21(28)26-25-3)24(18,2)14-12-19(22)23/h16-20,22,25,27H,4-15H2,1-3H3,(H,26,28)/t16-,17?,18?,19?,20?,22?,23?,24?/m0/s1. The maximum Gasteiger partial charge on any atom is 0.234 e. The molecule has 0 heterocycles. The first-order chi connectivity index (χ1) is 13.4. The van der Waals surface area contributed by atoms with Gasteiger partial charge in [0.15, 0.2) is 0 Å². The van der Waals surface area contributed by atoms with Crippen LogP contribution in [0.1, 0.15) is 90.9 Å². The number of nitrogens with one attached hydrogen (secondary N) is 2. The summed E-state index contributed by atoms with van der Waals surface area (Å²) in [5.74, 6) is 3.53. The molecule has 1 amide bonds. The van der Waals surface area contributed by atoms with Crippen molar-refractivity contribution in [2.75, 3.05) is 7.05 Å². The quantitative estimate of drug-likeness (QED) is 0.609. The molecule has 0 saturated heterocycles. The van der Waals surface area contributed by atoms with E-state index in [2.05, 4.69) is 24.7 Å². The predicted molar refractivity (Wildman–Crippen MR) is 112 cm³/mol. The fourth-order valence-electron chi connectivity index (χ4n) is 8.55. The zero-order valence-corrected chi connectivity index (χ0v) is 18.3. The molecule has 0 radical (unpaired) electrons. The lowest BCUT2D eigenvalue weighted by Crippen LogP contribution is -2.57. The number of amides is 1. The van der Waals surface area contributed by atoms with Gasteiger partial charge in [-0.05, 0) is 98.2 Å². The van der Waals surface area contributed by atoms with Crippen LogP contribution in [-0.2, 0) is 4.79 Å². The first-order valence-corrected chi connectivity index (χ1v) is 12.0. The topological polar surface area (TPSA) is 61.4 Å². The van der Waals surface area contributed by atoms with Crippen LogP contribution in [0.5, 0.6) is 0 Å². The smallest absolute Gasteiger partial charge is 0.234 e. The predicted octanol–water partition coefficient (Wildman–Crippen LogP) is 4.43. The van der Waals surface area contributed by atoms with Crippen molar-refractivity contribution in [3.05, 3.63) is 0 Å². The fraction of sp³-hybridized carbons (Fsp3) is 0.958. The number of aliphatic hydroxyl groups is 1. The van der Waals surface area contributed by atoms with Gasteiger partial charge < -0.3 is 5.11 Å². The van der Waals surface area contributed by atoms with Gasteiger partial charge in [-0.15, -0.1) is 0 Å². The molecule has 4 nitrogen and oxygen atoms in total. The number of carbonyl (C=O) groups is 1. The third-order valence-corrected chi connectivity index (χ3v) is 10.0. The van der Waals surface area contributed by atoms with Crippen LogP contribution in [0.3, 0.4) is 0 Å². The van der Waals surface area contributed by atoms with Crippen molar-refractivity contribution in [3.8, 4) is 0 Å². The summed E-state index contributed by atoms with van der Waals surface area (Å²) < 4.78 is 0. The Morgan fingerprint density at radius 2 is 1.82 bits per heavy atom. The molecule has 4 rings (SSSR count). The normalized spacial score (nSPS) is 47.7. The molecule has 4 aliphatic rings. The van der Waals surface area contributed by atoms with Gasteiger partial charge in [-0.3, -0.25) is 10.2 Å². The molecule has 4 heteroatoms. The van der Waals surface area contributed by atoms with Crippen LogP contribution in [-0.4, -0.2) is 24.2 Å². The highest BCUT2D eigenvalue weighted by atomic mass is 16.3. The van der Waals surface area contributed by atoms with Crippen LogP contribution in [0.25, 0.3) is 0 Å². The van der Waals surface area contributed by atoms with Crippen molar-refractivity contribution in [3.63, 3.8) is 0 Å². The van der Waals surface area contributed by atoms with Crippen LogP contribution < -0.4 is 10.9 Å². The highest BCUT2D eigenvalue weighted by Gasteiger charge is 2.61. The summed E-state index contributed by atoms with van der Waals surface area (Å²) in [6.45, 7) is 5.11. The molecule has 4 aliphatic carbocycles. The van der Waals surface area contributed by atoms with Crippen molar-refractivity contribution in [1.29, 1.82) is 0 Å². The third-order valence-electron chi connectivity index (χ3n) is 10.0. The number of fused-ring (bicyclic) bond motifs is 5. The van der Waals surface area contributed by atoms with Gasteiger partial charge in [-0.2, -0.15) is 0 Å². The highest BCUT2D eigenvalue weighted by Crippen LogP contribution is 2.67. The van der Waals surface area contributed by atoms with E-state index in [0.29, 0.717) is 29.1 Å². The Morgan fingerprint density at radius 1 is 1.04 bits per heavy atom. The number of hydrazine groups is 1. The van der Waals surface area contributed by atoms with E-state index < -0.39 is 0 Å². The second-order valence-corrected chi connectivity index (χ2v) is 11.1. The summed E-state index contributed by atoms with van der Waals surface area (Å²) >= 11 is 0. The number of hydrogen-bond acceptors (Lipinski definition) is 3. The summed E-state index contributed by atoms with van der Waals surface area (Å²) in [6, 6.07) is 0.